The molecule has 0 saturated heterocycles. The minimum atomic E-state index is -0.234. The van der Waals surface area contributed by atoms with Crippen molar-refractivity contribution in [2.45, 2.75) is 33.2 Å². The minimum absolute atomic E-state index is 0.0677. The number of amides is 1. The molecule has 0 aromatic carbocycles. The van der Waals surface area contributed by atoms with Gasteiger partial charge in [0, 0.05) is 11.3 Å². The molecular weight excluding hydrogens is 252 g/mol. The lowest BCUT2D eigenvalue weighted by Gasteiger charge is -2.18. The number of aliphatic hydroxyl groups excluding tert-OH is 1. The van der Waals surface area contributed by atoms with Crippen LogP contribution in [-0.2, 0) is 0 Å². The molecule has 1 rings (SSSR count). The highest BCUT2D eigenvalue weighted by atomic mass is 35.5. The van der Waals surface area contributed by atoms with Crippen LogP contribution in [0.4, 0.5) is 0 Å². The summed E-state index contributed by atoms with van der Waals surface area (Å²) in [6.45, 7) is 5.80. The summed E-state index contributed by atoms with van der Waals surface area (Å²) in [4.78, 5) is 16.0. The summed E-state index contributed by atoms with van der Waals surface area (Å²) in [5, 5.41) is 12.3. The first-order chi connectivity index (χ1) is 8.42. The standard InChI is InChI=1S/C13H19ClN2O2/c1-8(2)4-11(7-17)16-13(18)10-5-9(3)15-12(14)6-10/h5-6,8,11,17H,4,7H2,1-3H3,(H,16,18). The second-order valence-corrected chi connectivity index (χ2v) is 5.19. The third-order valence-electron chi connectivity index (χ3n) is 2.50. The van der Waals surface area contributed by atoms with E-state index in [4.69, 9.17) is 11.6 Å². The monoisotopic (exact) mass is 270 g/mol. The molecule has 18 heavy (non-hydrogen) atoms. The van der Waals surface area contributed by atoms with Crippen molar-refractivity contribution in [2.75, 3.05) is 6.61 Å². The average Bonchev–Trinajstić information content (AvgIpc) is 2.26. The zero-order valence-electron chi connectivity index (χ0n) is 10.9. The van der Waals surface area contributed by atoms with Crippen LogP contribution in [0, 0.1) is 12.8 Å². The zero-order valence-corrected chi connectivity index (χ0v) is 11.7. The van der Waals surface area contributed by atoms with Gasteiger partial charge in [-0.05, 0) is 31.4 Å². The van der Waals surface area contributed by atoms with Crippen molar-refractivity contribution >= 4 is 17.5 Å². The fourth-order valence-corrected chi connectivity index (χ4v) is 2.03. The lowest BCUT2D eigenvalue weighted by atomic mass is 10.0. The van der Waals surface area contributed by atoms with Crippen LogP contribution in [0.1, 0.15) is 36.3 Å². The van der Waals surface area contributed by atoms with Gasteiger partial charge >= 0.3 is 0 Å². The molecule has 1 amide bonds. The van der Waals surface area contributed by atoms with Crippen LogP contribution in [0.3, 0.4) is 0 Å². The minimum Gasteiger partial charge on any atom is -0.394 e. The van der Waals surface area contributed by atoms with Crippen molar-refractivity contribution in [2.24, 2.45) is 5.92 Å². The van der Waals surface area contributed by atoms with Crippen LogP contribution >= 0.6 is 11.6 Å². The number of aliphatic hydroxyl groups is 1. The summed E-state index contributed by atoms with van der Waals surface area (Å²) in [6, 6.07) is 2.96. The van der Waals surface area contributed by atoms with E-state index >= 15 is 0 Å². The van der Waals surface area contributed by atoms with E-state index < -0.39 is 0 Å². The number of rotatable bonds is 5. The van der Waals surface area contributed by atoms with E-state index in [2.05, 4.69) is 10.3 Å². The molecule has 1 unspecified atom stereocenters. The van der Waals surface area contributed by atoms with Gasteiger partial charge in [-0.15, -0.1) is 0 Å². The molecule has 1 aromatic heterocycles. The number of hydrogen-bond donors (Lipinski definition) is 2. The van der Waals surface area contributed by atoms with Gasteiger partial charge in [0.1, 0.15) is 5.15 Å². The maximum Gasteiger partial charge on any atom is 0.251 e. The van der Waals surface area contributed by atoms with Crippen molar-refractivity contribution < 1.29 is 9.90 Å². The van der Waals surface area contributed by atoms with Crippen molar-refractivity contribution in [3.8, 4) is 0 Å². The predicted molar refractivity (Wildman–Crippen MR) is 71.8 cm³/mol. The zero-order chi connectivity index (χ0) is 13.7. The fourth-order valence-electron chi connectivity index (χ4n) is 1.78. The molecule has 0 bridgehead atoms. The number of nitrogens with zero attached hydrogens (tertiary/aromatic N) is 1. The van der Waals surface area contributed by atoms with E-state index in [1.807, 2.05) is 13.8 Å². The Bertz CT molecular complexity index is 401. The summed E-state index contributed by atoms with van der Waals surface area (Å²) in [5.41, 5.74) is 1.16. The summed E-state index contributed by atoms with van der Waals surface area (Å²) < 4.78 is 0. The van der Waals surface area contributed by atoms with Crippen LogP contribution in [0.2, 0.25) is 5.15 Å². The van der Waals surface area contributed by atoms with Crippen LogP contribution in [0.25, 0.3) is 0 Å². The van der Waals surface area contributed by atoms with E-state index in [9.17, 15) is 9.90 Å². The Morgan fingerprint density at radius 1 is 1.50 bits per heavy atom. The second kappa shape index (κ2) is 6.71. The number of aryl methyl sites for hydroxylation is 1. The second-order valence-electron chi connectivity index (χ2n) is 4.80. The van der Waals surface area contributed by atoms with Crippen molar-refractivity contribution in [1.82, 2.24) is 10.3 Å². The molecule has 100 valence electrons. The number of nitrogens with one attached hydrogen (secondary N) is 1. The van der Waals surface area contributed by atoms with Crippen LogP contribution < -0.4 is 5.32 Å². The number of carbonyl (C=O) groups is 1. The molecule has 0 saturated carbocycles. The van der Waals surface area contributed by atoms with Gasteiger partial charge in [0.2, 0.25) is 0 Å². The molecule has 0 aliphatic carbocycles. The normalized spacial score (nSPS) is 12.6. The van der Waals surface area contributed by atoms with Gasteiger partial charge < -0.3 is 10.4 Å². The Balaban J connectivity index is 2.74. The number of aromatic nitrogens is 1. The fraction of sp³-hybridized carbons (Fsp3) is 0.538. The third-order valence-corrected chi connectivity index (χ3v) is 2.69. The Labute approximate surface area is 112 Å². The van der Waals surface area contributed by atoms with E-state index in [1.54, 1.807) is 13.0 Å². The Hall–Kier alpha value is -1.13. The number of carbonyl (C=O) groups excluding carboxylic acids is 1. The highest BCUT2D eigenvalue weighted by Crippen LogP contribution is 2.11. The molecular formula is C13H19ClN2O2. The summed E-state index contributed by atoms with van der Waals surface area (Å²) in [5.74, 6) is 0.173. The van der Waals surface area contributed by atoms with E-state index in [0.29, 0.717) is 22.3 Å². The molecule has 0 fully saturated rings. The van der Waals surface area contributed by atoms with Gasteiger partial charge in [-0.25, -0.2) is 4.98 Å². The van der Waals surface area contributed by atoms with Gasteiger partial charge in [0.25, 0.3) is 5.91 Å². The number of halogens is 1. The smallest absolute Gasteiger partial charge is 0.251 e. The highest BCUT2D eigenvalue weighted by molar-refractivity contribution is 6.29. The summed E-state index contributed by atoms with van der Waals surface area (Å²) >= 11 is 5.81. The largest absolute Gasteiger partial charge is 0.394 e. The Kier molecular flexibility index (Phi) is 5.56. The quantitative estimate of drug-likeness (QED) is 0.806. The van der Waals surface area contributed by atoms with Gasteiger partial charge in [0.05, 0.1) is 12.6 Å². The molecule has 0 aliphatic heterocycles. The maximum absolute atomic E-state index is 12.0. The molecule has 2 N–H and O–H groups in total. The SMILES string of the molecule is Cc1cc(C(=O)NC(CO)CC(C)C)cc(Cl)n1. The van der Waals surface area contributed by atoms with Gasteiger partial charge in [-0.1, -0.05) is 25.4 Å². The Morgan fingerprint density at radius 2 is 2.17 bits per heavy atom. The maximum atomic E-state index is 12.0. The first-order valence-electron chi connectivity index (χ1n) is 5.98. The van der Waals surface area contributed by atoms with E-state index in [1.165, 1.54) is 6.07 Å². The first kappa shape index (κ1) is 14.9. The Morgan fingerprint density at radius 3 is 2.67 bits per heavy atom. The molecule has 0 radical (unpaired) electrons. The predicted octanol–water partition coefficient (Wildman–Crippen LogP) is 2.18. The molecule has 5 heteroatoms. The molecule has 1 atom stereocenters. The van der Waals surface area contributed by atoms with Crippen molar-refractivity contribution in [3.63, 3.8) is 0 Å². The summed E-state index contributed by atoms with van der Waals surface area (Å²) in [6.07, 6.45) is 0.736. The summed E-state index contributed by atoms with van der Waals surface area (Å²) in [7, 11) is 0. The topological polar surface area (TPSA) is 62.2 Å². The van der Waals surface area contributed by atoms with Crippen molar-refractivity contribution in [1.29, 1.82) is 0 Å². The number of hydrogen-bond acceptors (Lipinski definition) is 3. The third kappa shape index (κ3) is 4.63. The average molecular weight is 271 g/mol. The van der Waals surface area contributed by atoms with Gasteiger partial charge in [0.15, 0.2) is 0 Å². The van der Waals surface area contributed by atoms with Gasteiger partial charge in [-0.2, -0.15) is 0 Å². The highest BCUT2D eigenvalue weighted by Gasteiger charge is 2.15. The lowest BCUT2D eigenvalue weighted by molar-refractivity contribution is 0.0908. The first-order valence-corrected chi connectivity index (χ1v) is 6.36. The molecule has 1 heterocycles. The molecule has 1 aromatic rings. The molecule has 0 aliphatic rings. The lowest BCUT2D eigenvalue weighted by Crippen LogP contribution is -2.38. The van der Waals surface area contributed by atoms with Gasteiger partial charge in [-0.3, -0.25) is 4.79 Å². The molecule has 0 spiro atoms. The van der Waals surface area contributed by atoms with E-state index in [0.717, 1.165) is 6.42 Å². The number of pyridine rings is 1. The van der Waals surface area contributed by atoms with Crippen molar-refractivity contribution in [3.05, 3.63) is 28.5 Å². The van der Waals surface area contributed by atoms with Crippen LogP contribution in [0.15, 0.2) is 12.1 Å². The van der Waals surface area contributed by atoms with Crippen LogP contribution in [-0.4, -0.2) is 28.6 Å². The van der Waals surface area contributed by atoms with E-state index in [-0.39, 0.29) is 18.6 Å². The molecule has 4 nitrogen and oxygen atoms in total. The van der Waals surface area contributed by atoms with Crippen LogP contribution in [0.5, 0.6) is 0 Å².